The minimum Gasteiger partial charge on any atom is -0.494 e. The maximum absolute atomic E-state index is 11.3. The molecule has 6 heteroatoms. The Morgan fingerprint density at radius 2 is 2.24 bits per heavy atom. The van der Waals surface area contributed by atoms with Gasteiger partial charge in [-0.15, -0.1) is 0 Å². The van der Waals surface area contributed by atoms with E-state index in [9.17, 15) is 4.79 Å². The molecule has 21 heavy (non-hydrogen) atoms. The summed E-state index contributed by atoms with van der Waals surface area (Å²) in [5.41, 5.74) is 2.30. The number of hydrogen-bond donors (Lipinski definition) is 0. The number of aryl methyl sites for hydroxylation is 1. The van der Waals surface area contributed by atoms with Crippen LogP contribution in [0.1, 0.15) is 18.3 Å². The Kier molecular flexibility index (Phi) is 4.71. The lowest BCUT2D eigenvalue weighted by Crippen LogP contribution is -2.00. The number of carbonyl (C=O) groups is 1. The third-order valence-corrected chi connectivity index (χ3v) is 2.75. The molecule has 0 fully saturated rings. The molecule has 0 aliphatic heterocycles. The molecule has 0 unspecified atom stereocenters. The van der Waals surface area contributed by atoms with Gasteiger partial charge in [-0.2, -0.15) is 0 Å². The van der Waals surface area contributed by atoms with Crippen LogP contribution in [-0.2, 0) is 9.53 Å². The van der Waals surface area contributed by atoms with Crippen LogP contribution in [-0.4, -0.2) is 34.2 Å². The van der Waals surface area contributed by atoms with E-state index in [1.54, 1.807) is 38.7 Å². The van der Waals surface area contributed by atoms with Crippen LogP contribution in [0.25, 0.3) is 11.8 Å². The summed E-state index contributed by atoms with van der Waals surface area (Å²) in [5, 5.41) is 0. The normalized spacial score (nSPS) is 10.8. The average molecular weight is 287 g/mol. The Morgan fingerprint density at radius 3 is 2.86 bits per heavy atom. The first-order chi connectivity index (χ1) is 10.1. The predicted molar refractivity (Wildman–Crippen MR) is 78.3 cm³/mol. The molecule has 0 bridgehead atoms. The summed E-state index contributed by atoms with van der Waals surface area (Å²) in [4.78, 5) is 19.7. The number of esters is 1. The molecule has 2 rings (SSSR count). The summed E-state index contributed by atoms with van der Waals surface area (Å²) in [5.74, 6) is 0.249. The van der Waals surface area contributed by atoms with Crippen molar-refractivity contribution in [1.82, 2.24) is 14.5 Å². The van der Waals surface area contributed by atoms with Crippen LogP contribution < -0.4 is 4.74 Å². The van der Waals surface area contributed by atoms with Crippen molar-refractivity contribution < 1.29 is 14.3 Å². The molecule has 0 radical (unpaired) electrons. The average Bonchev–Trinajstić information content (AvgIpc) is 2.91. The second-order valence-corrected chi connectivity index (χ2v) is 4.29. The number of rotatable bonds is 5. The van der Waals surface area contributed by atoms with Gasteiger partial charge in [0.05, 0.1) is 37.6 Å². The molecule has 110 valence electrons. The highest BCUT2D eigenvalue weighted by Crippen LogP contribution is 2.23. The summed E-state index contributed by atoms with van der Waals surface area (Å²) in [7, 11) is 1.58. The van der Waals surface area contributed by atoms with Gasteiger partial charge in [-0.3, -0.25) is 4.98 Å². The second-order valence-electron chi connectivity index (χ2n) is 4.29. The fraction of sp³-hybridized carbons (Fsp3) is 0.267. The SMILES string of the molecule is CCOC(=O)C=Cc1cc(OC)c(-n2cnc(C)c2)cn1. The van der Waals surface area contributed by atoms with E-state index < -0.39 is 5.97 Å². The van der Waals surface area contributed by atoms with Crippen molar-refractivity contribution >= 4 is 12.0 Å². The molecule has 0 aromatic carbocycles. The molecule has 0 aliphatic carbocycles. The molecule has 0 N–H and O–H groups in total. The van der Waals surface area contributed by atoms with Crippen LogP contribution in [0.4, 0.5) is 0 Å². The molecule has 0 saturated carbocycles. The van der Waals surface area contributed by atoms with Gasteiger partial charge in [0, 0.05) is 18.3 Å². The van der Waals surface area contributed by atoms with Crippen LogP contribution in [0.15, 0.2) is 30.9 Å². The number of hydrogen-bond acceptors (Lipinski definition) is 5. The van der Waals surface area contributed by atoms with Crippen LogP contribution in [0.5, 0.6) is 5.75 Å². The third kappa shape index (κ3) is 3.68. The summed E-state index contributed by atoms with van der Waals surface area (Å²) in [6.07, 6.45) is 8.18. The quantitative estimate of drug-likeness (QED) is 0.623. The van der Waals surface area contributed by atoms with Crippen molar-refractivity contribution in [2.45, 2.75) is 13.8 Å². The minimum absolute atomic E-state index is 0.346. The van der Waals surface area contributed by atoms with E-state index in [4.69, 9.17) is 9.47 Å². The van der Waals surface area contributed by atoms with E-state index in [0.29, 0.717) is 18.1 Å². The van der Waals surface area contributed by atoms with Crippen LogP contribution in [0, 0.1) is 6.92 Å². The molecule has 2 aromatic rings. The molecular weight excluding hydrogens is 270 g/mol. The predicted octanol–water partition coefficient (Wildman–Crippen LogP) is 2.16. The number of nitrogens with zero attached hydrogens (tertiary/aromatic N) is 3. The fourth-order valence-electron chi connectivity index (χ4n) is 1.79. The van der Waals surface area contributed by atoms with Gasteiger partial charge in [0.25, 0.3) is 0 Å². The number of pyridine rings is 1. The molecule has 0 atom stereocenters. The van der Waals surface area contributed by atoms with Crippen molar-refractivity contribution in [3.05, 3.63) is 42.3 Å². The number of carbonyl (C=O) groups excluding carboxylic acids is 1. The van der Waals surface area contributed by atoms with Gasteiger partial charge in [0.1, 0.15) is 11.4 Å². The smallest absolute Gasteiger partial charge is 0.330 e. The molecule has 2 heterocycles. The van der Waals surface area contributed by atoms with E-state index in [0.717, 1.165) is 11.4 Å². The number of aromatic nitrogens is 3. The van der Waals surface area contributed by atoms with Gasteiger partial charge in [-0.25, -0.2) is 9.78 Å². The van der Waals surface area contributed by atoms with Crippen LogP contribution in [0.3, 0.4) is 0 Å². The zero-order valence-corrected chi connectivity index (χ0v) is 12.2. The summed E-state index contributed by atoms with van der Waals surface area (Å²) in [6, 6.07) is 1.75. The largest absolute Gasteiger partial charge is 0.494 e. The van der Waals surface area contributed by atoms with Gasteiger partial charge >= 0.3 is 5.97 Å². The number of imidazole rings is 1. The van der Waals surface area contributed by atoms with Crippen LogP contribution in [0.2, 0.25) is 0 Å². The minimum atomic E-state index is -0.396. The van der Waals surface area contributed by atoms with Gasteiger partial charge in [-0.1, -0.05) is 0 Å². The first-order valence-corrected chi connectivity index (χ1v) is 6.54. The lowest BCUT2D eigenvalue weighted by atomic mass is 10.3. The van der Waals surface area contributed by atoms with E-state index >= 15 is 0 Å². The first kappa shape index (κ1) is 14.8. The zero-order chi connectivity index (χ0) is 15.2. The molecule has 0 saturated heterocycles. The Morgan fingerprint density at radius 1 is 1.43 bits per heavy atom. The lowest BCUT2D eigenvalue weighted by Gasteiger charge is -2.09. The standard InChI is InChI=1S/C15H17N3O3/c1-4-21-15(19)6-5-12-7-14(20-3)13(8-16-12)18-9-11(2)17-10-18/h5-10H,4H2,1-3H3. The number of ether oxygens (including phenoxy) is 2. The van der Waals surface area contributed by atoms with Gasteiger partial charge in [0.2, 0.25) is 0 Å². The first-order valence-electron chi connectivity index (χ1n) is 6.54. The van der Waals surface area contributed by atoms with Crippen molar-refractivity contribution in [2.75, 3.05) is 13.7 Å². The summed E-state index contributed by atoms with van der Waals surface area (Å²) in [6.45, 7) is 4.01. The van der Waals surface area contributed by atoms with Crippen LogP contribution >= 0.6 is 0 Å². The van der Waals surface area contributed by atoms with E-state index in [1.165, 1.54) is 6.08 Å². The van der Waals surface area contributed by atoms with E-state index in [2.05, 4.69) is 9.97 Å². The van der Waals surface area contributed by atoms with Gasteiger partial charge < -0.3 is 14.0 Å². The molecule has 0 aliphatic rings. The Bertz CT molecular complexity index is 662. The fourth-order valence-corrected chi connectivity index (χ4v) is 1.79. The second kappa shape index (κ2) is 6.69. The summed E-state index contributed by atoms with van der Waals surface area (Å²) < 4.78 is 12.0. The van der Waals surface area contributed by atoms with E-state index in [1.807, 2.05) is 17.7 Å². The van der Waals surface area contributed by atoms with Crippen molar-refractivity contribution in [2.24, 2.45) is 0 Å². The molecule has 0 spiro atoms. The maximum Gasteiger partial charge on any atom is 0.330 e. The molecule has 6 nitrogen and oxygen atoms in total. The molecule has 2 aromatic heterocycles. The monoisotopic (exact) mass is 287 g/mol. The van der Waals surface area contributed by atoms with Crippen molar-refractivity contribution in [3.8, 4) is 11.4 Å². The van der Waals surface area contributed by atoms with E-state index in [-0.39, 0.29) is 0 Å². The Labute approximate surface area is 123 Å². The number of methoxy groups -OCH3 is 1. The van der Waals surface area contributed by atoms with Gasteiger partial charge in [-0.05, 0) is 19.9 Å². The Balaban J connectivity index is 2.26. The highest BCUT2D eigenvalue weighted by molar-refractivity contribution is 5.86. The maximum atomic E-state index is 11.3. The molecule has 0 amide bonds. The zero-order valence-electron chi connectivity index (χ0n) is 12.2. The van der Waals surface area contributed by atoms with Crippen molar-refractivity contribution in [3.63, 3.8) is 0 Å². The summed E-state index contributed by atoms with van der Waals surface area (Å²) >= 11 is 0. The Hall–Kier alpha value is -2.63. The molecular formula is C15H17N3O3. The highest BCUT2D eigenvalue weighted by Gasteiger charge is 2.07. The lowest BCUT2D eigenvalue weighted by molar-refractivity contribution is -0.137. The topological polar surface area (TPSA) is 66.2 Å². The van der Waals surface area contributed by atoms with Crippen molar-refractivity contribution in [1.29, 1.82) is 0 Å². The van der Waals surface area contributed by atoms with Gasteiger partial charge in [0.15, 0.2) is 0 Å². The third-order valence-electron chi connectivity index (χ3n) is 2.75. The highest BCUT2D eigenvalue weighted by atomic mass is 16.5.